The van der Waals surface area contributed by atoms with E-state index in [1.54, 1.807) is 0 Å². The second-order valence-corrected chi connectivity index (χ2v) is 16.5. The first-order valence-corrected chi connectivity index (χ1v) is 21.8. The van der Waals surface area contributed by atoms with Crippen LogP contribution in [0.2, 0.25) is 0 Å². The van der Waals surface area contributed by atoms with E-state index in [0.29, 0.717) is 0 Å². The third-order valence-electron chi connectivity index (χ3n) is 12.9. The molecule has 0 N–H and O–H groups in total. The fraction of sp³-hybridized carbons (Fsp3) is 0.0333. The number of nitrogens with zero attached hydrogens (tertiary/aromatic N) is 3. The number of aromatic nitrogens is 3. The van der Waals surface area contributed by atoms with Crippen molar-refractivity contribution in [2.75, 3.05) is 0 Å². The van der Waals surface area contributed by atoms with Crippen LogP contribution in [0.4, 0.5) is 0 Å². The molecule has 12 rings (SSSR count). The molecule has 0 atom stereocenters. The molecule has 0 aliphatic rings. The van der Waals surface area contributed by atoms with Crippen molar-refractivity contribution in [3.05, 3.63) is 236 Å². The molecule has 9 aromatic carbocycles. The summed E-state index contributed by atoms with van der Waals surface area (Å²) in [5, 5.41) is 7.41. The monoisotopic (exact) mass is 805 g/mol. The van der Waals surface area contributed by atoms with Gasteiger partial charge in [-0.1, -0.05) is 158 Å². The van der Waals surface area contributed by atoms with Crippen molar-refractivity contribution in [1.29, 1.82) is 0 Å². The lowest BCUT2D eigenvalue weighted by Crippen LogP contribution is -2.02. The van der Waals surface area contributed by atoms with Gasteiger partial charge in [-0.05, 0) is 114 Å². The average molecular weight is 806 g/mol. The average Bonchev–Trinajstić information content (AvgIpc) is 3.99. The van der Waals surface area contributed by atoms with Crippen LogP contribution in [0.25, 0.3) is 105 Å². The Kier molecular flexibility index (Phi) is 8.62. The maximum Gasteiger partial charge on any atom is 0.0782 e. The Labute approximate surface area is 366 Å². The normalized spacial score (nSPS) is 12.5. The van der Waals surface area contributed by atoms with E-state index in [1.807, 2.05) is 0 Å². The molecule has 63 heavy (non-hydrogen) atoms. The number of allylic oxidation sites excluding steroid dienone is 4. The van der Waals surface area contributed by atoms with E-state index >= 15 is 0 Å². The summed E-state index contributed by atoms with van der Waals surface area (Å²) in [5.74, 6) is 0. The van der Waals surface area contributed by atoms with Crippen molar-refractivity contribution in [3.63, 3.8) is 0 Å². The number of hydrogen-bond donors (Lipinski definition) is 0. The Balaban J connectivity index is 1.13. The summed E-state index contributed by atoms with van der Waals surface area (Å²) in [6.45, 7) is 4.35. The lowest BCUT2D eigenvalue weighted by atomic mass is 9.95. The fourth-order valence-corrected chi connectivity index (χ4v) is 10.1. The van der Waals surface area contributed by atoms with Crippen LogP contribution >= 0.6 is 0 Å². The van der Waals surface area contributed by atoms with Crippen LogP contribution in [0.5, 0.6) is 0 Å². The van der Waals surface area contributed by atoms with Gasteiger partial charge >= 0.3 is 0 Å². The molecule has 0 saturated carbocycles. The predicted molar refractivity (Wildman–Crippen MR) is 269 cm³/mol. The van der Waals surface area contributed by atoms with Gasteiger partial charge in [0.25, 0.3) is 0 Å². The highest BCUT2D eigenvalue weighted by Crippen LogP contribution is 2.42. The first-order chi connectivity index (χ1) is 31.1. The first-order valence-electron chi connectivity index (χ1n) is 21.8. The highest BCUT2D eigenvalue weighted by atomic mass is 15.1. The molecule has 0 aliphatic heterocycles. The highest BCUT2D eigenvalue weighted by molar-refractivity contribution is 6.16. The number of benzene rings is 9. The van der Waals surface area contributed by atoms with E-state index in [9.17, 15) is 0 Å². The minimum atomic E-state index is 1.12. The smallest absolute Gasteiger partial charge is 0.0782 e. The summed E-state index contributed by atoms with van der Waals surface area (Å²) < 4.78 is 7.41. The molecule has 0 unspecified atom stereocenters. The standard InChI is InChI=1S/C60H43N3/c1-3-41(35-40(2)42-19-6-4-7-20-42)44-36-45(43-21-8-5-9-22-43)38-47(37-44)62-56-30-16-12-25-50(56)52-27-18-32-59(60(52)62)63-57-31-17-13-26-51(57)53-39-46(33-34-58(53)63)61-54-28-14-10-23-48(54)49-24-11-15-29-55(49)61/h3-39H,1-2H3/b40-35+,41-3+. The van der Waals surface area contributed by atoms with Crippen molar-refractivity contribution >= 4 is 76.6 Å². The molecule has 0 radical (unpaired) electrons. The van der Waals surface area contributed by atoms with Gasteiger partial charge < -0.3 is 13.7 Å². The molecule has 0 spiro atoms. The zero-order chi connectivity index (χ0) is 42.0. The Hall–Kier alpha value is -8.14. The van der Waals surface area contributed by atoms with Gasteiger partial charge in [-0.2, -0.15) is 0 Å². The summed E-state index contributed by atoms with van der Waals surface area (Å²) in [4.78, 5) is 0. The SMILES string of the molecule is C/C=C(\C=C(/C)c1ccccc1)c1cc(-c2ccccc2)cc(-n2c3ccccc3c3cccc(-n4c5ccccc5c5cc(-n6c7ccccc7c7ccccc76)ccc54)c32)c1. The fourth-order valence-electron chi connectivity index (χ4n) is 10.1. The number of hydrogen-bond acceptors (Lipinski definition) is 0. The van der Waals surface area contributed by atoms with Crippen LogP contribution in [0.3, 0.4) is 0 Å². The van der Waals surface area contributed by atoms with E-state index < -0.39 is 0 Å². The Morgan fingerprint density at radius 1 is 0.365 bits per heavy atom. The number of para-hydroxylation sites is 5. The summed E-state index contributed by atoms with van der Waals surface area (Å²) >= 11 is 0. The summed E-state index contributed by atoms with van der Waals surface area (Å²) in [6.07, 6.45) is 4.57. The van der Waals surface area contributed by atoms with Gasteiger partial charge in [-0.25, -0.2) is 0 Å². The van der Waals surface area contributed by atoms with Crippen molar-refractivity contribution < 1.29 is 0 Å². The van der Waals surface area contributed by atoms with Gasteiger partial charge in [0.2, 0.25) is 0 Å². The maximum absolute atomic E-state index is 2.50. The van der Waals surface area contributed by atoms with Gasteiger partial charge in [0.1, 0.15) is 0 Å². The van der Waals surface area contributed by atoms with Crippen LogP contribution in [0.15, 0.2) is 224 Å². The third kappa shape index (κ3) is 5.89. The molecule has 3 aromatic heterocycles. The maximum atomic E-state index is 2.50. The van der Waals surface area contributed by atoms with Gasteiger partial charge in [0, 0.05) is 43.7 Å². The van der Waals surface area contributed by atoms with Crippen LogP contribution in [-0.2, 0) is 0 Å². The molecule has 0 bridgehead atoms. The molecule has 298 valence electrons. The Morgan fingerprint density at radius 3 is 1.54 bits per heavy atom. The second-order valence-electron chi connectivity index (χ2n) is 16.5. The summed E-state index contributed by atoms with van der Waals surface area (Å²) in [6, 6.07) is 77.6. The van der Waals surface area contributed by atoms with Crippen molar-refractivity contribution in [3.8, 4) is 28.2 Å². The molecule has 12 aromatic rings. The Bertz CT molecular complexity index is 3740. The molecule has 0 amide bonds. The largest absolute Gasteiger partial charge is 0.309 e. The first kappa shape index (κ1) is 36.7. The van der Waals surface area contributed by atoms with E-state index in [4.69, 9.17) is 0 Å². The van der Waals surface area contributed by atoms with E-state index in [2.05, 4.69) is 252 Å². The lowest BCUT2D eigenvalue weighted by Gasteiger charge is -2.17. The minimum Gasteiger partial charge on any atom is -0.309 e. The molecule has 3 nitrogen and oxygen atoms in total. The molecule has 3 heteroatoms. The molecule has 0 saturated heterocycles. The number of rotatable bonds is 7. The molecule has 3 heterocycles. The zero-order valence-corrected chi connectivity index (χ0v) is 35.2. The van der Waals surface area contributed by atoms with Gasteiger partial charge in [0.05, 0.1) is 38.8 Å². The lowest BCUT2D eigenvalue weighted by molar-refractivity contribution is 1.13. The van der Waals surface area contributed by atoms with E-state index in [-0.39, 0.29) is 0 Å². The van der Waals surface area contributed by atoms with Crippen LogP contribution in [0.1, 0.15) is 25.0 Å². The van der Waals surface area contributed by atoms with Crippen LogP contribution in [0, 0.1) is 0 Å². The van der Waals surface area contributed by atoms with Gasteiger partial charge in [-0.3, -0.25) is 0 Å². The van der Waals surface area contributed by atoms with Gasteiger partial charge in [0.15, 0.2) is 0 Å². The zero-order valence-electron chi connectivity index (χ0n) is 35.2. The van der Waals surface area contributed by atoms with Crippen molar-refractivity contribution in [2.45, 2.75) is 13.8 Å². The molecular formula is C60H43N3. The van der Waals surface area contributed by atoms with Crippen molar-refractivity contribution in [2.24, 2.45) is 0 Å². The molecule has 0 fully saturated rings. The molecule has 0 aliphatic carbocycles. The van der Waals surface area contributed by atoms with Gasteiger partial charge in [-0.15, -0.1) is 0 Å². The van der Waals surface area contributed by atoms with E-state index in [1.165, 1.54) is 98.8 Å². The highest BCUT2D eigenvalue weighted by Gasteiger charge is 2.22. The third-order valence-corrected chi connectivity index (χ3v) is 12.9. The predicted octanol–water partition coefficient (Wildman–Crippen LogP) is 16.2. The summed E-state index contributed by atoms with van der Waals surface area (Å²) in [7, 11) is 0. The summed E-state index contributed by atoms with van der Waals surface area (Å²) in [5.41, 5.74) is 17.6. The van der Waals surface area contributed by atoms with E-state index in [0.717, 1.165) is 17.1 Å². The quantitative estimate of drug-likeness (QED) is 0.143. The molecular weight excluding hydrogens is 763 g/mol. The van der Waals surface area contributed by atoms with Crippen molar-refractivity contribution in [1.82, 2.24) is 13.7 Å². The Morgan fingerprint density at radius 2 is 0.889 bits per heavy atom. The minimum absolute atomic E-state index is 1.12. The topological polar surface area (TPSA) is 14.8 Å². The number of fused-ring (bicyclic) bond motifs is 9. The van der Waals surface area contributed by atoms with Crippen LogP contribution < -0.4 is 0 Å². The second kappa shape index (κ2) is 14.8. The van der Waals surface area contributed by atoms with Crippen LogP contribution in [-0.4, -0.2) is 13.7 Å².